The number of aromatic nitrogens is 3. The van der Waals surface area contributed by atoms with Crippen LogP contribution in [0.2, 0.25) is 0 Å². The third-order valence-corrected chi connectivity index (χ3v) is 10.9. The van der Waals surface area contributed by atoms with Crippen LogP contribution in [0.1, 0.15) is 123 Å². The molecule has 296 valence electrons. The Morgan fingerprint density at radius 1 is 0.643 bits per heavy atom. The maximum atomic E-state index is 12.7. The third-order valence-electron chi connectivity index (χ3n) is 8.04. The van der Waals surface area contributed by atoms with E-state index in [1.807, 2.05) is 157 Å². The minimum atomic E-state index is -1.17. The number of rotatable bonds is 9. The molecule has 0 saturated carbocycles. The molecule has 3 aromatic heterocycles. The molecule has 10 heteroatoms. The molecule has 5 rings (SSSR count). The van der Waals surface area contributed by atoms with Gasteiger partial charge < -0.3 is 0 Å². The van der Waals surface area contributed by atoms with E-state index in [9.17, 15) is 8.42 Å². The van der Waals surface area contributed by atoms with Crippen molar-refractivity contribution in [3.8, 4) is 0 Å². The van der Waals surface area contributed by atoms with Crippen LogP contribution in [0.5, 0.6) is 0 Å². The van der Waals surface area contributed by atoms with E-state index in [0.717, 1.165) is 28.2 Å². The summed E-state index contributed by atoms with van der Waals surface area (Å²) in [6.07, 6.45) is 7.10. The maximum Gasteiger partial charge on any atom is 1.00 e. The van der Waals surface area contributed by atoms with Gasteiger partial charge in [0.1, 0.15) is 11.0 Å². The number of nitrogens with zero attached hydrogens (tertiary/aromatic N) is 4. The summed E-state index contributed by atoms with van der Waals surface area (Å²) in [5.74, 6) is 1.81. The summed E-state index contributed by atoms with van der Waals surface area (Å²) in [7, 11) is -2.33. The summed E-state index contributed by atoms with van der Waals surface area (Å²) in [5.41, 5.74) is 5.01. The summed E-state index contributed by atoms with van der Waals surface area (Å²) in [4.78, 5) is 12.8. The molecule has 3 atom stereocenters. The van der Waals surface area contributed by atoms with Crippen molar-refractivity contribution >= 4 is 28.2 Å². The minimum Gasteiger partial charge on any atom is -0.295 e. The number of benzene rings is 2. The van der Waals surface area contributed by atoms with E-state index in [4.69, 9.17) is 0 Å². The molecule has 3 heterocycles. The Kier molecular flexibility index (Phi) is 23.5. The molecular weight excluding hydrogens is 758 g/mol. The van der Waals surface area contributed by atoms with E-state index >= 15 is 0 Å². The molecule has 0 fully saturated rings. The second-order valence-corrected chi connectivity index (χ2v) is 19.8. The van der Waals surface area contributed by atoms with Gasteiger partial charge in [0.2, 0.25) is 0 Å². The van der Waals surface area contributed by atoms with E-state index < -0.39 is 22.0 Å². The van der Waals surface area contributed by atoms with Crippen molar-refractivity contribution in [2.75, 3.05) is 0 Å². The Bertz CT molecular complexity index is 1800. The molecule has 0 bridgehead atoms. The first kappa shape index (κ1) is 51.3. The zero-order chi connectivity index (χ0) is 41.1. The van der Waals surface area contributed by atoms with Crippen LogP contribution in [-0.4, -0.2) is 39.1 Å². The standard InChI is InChI=1S/C19H26N2OS.C11H15NOS.C8H11N.C8H10N.K/c1-18(2,3)23(22)21-17(15-11-7-6-8-12-15)19(4,5)16-13-9-10-14-20-16;1-11(2,3)14(13)12-9-10-7-5-4-6-8-10;2*1-7(2)8-5-3-4-6-9-8;/h6-14,17,21H,1-5H3;4-9H,1-3H3;3-7H,1-2H3;3-6H,1-2H3;/q;;;-1;+1/t17-,23+;14-;;;/m01.../s1. The van der Waals surface area contributed by atoms with Gasteiger partial charge in [-0.2, -0.15) is 16.4 Å². The molecule has 7 nitrogen and oxygen atoms in total. The topological polar surface area (TPSA) is 97.2 Å². The Hall–Kier alpha value is -2.67. The average Bonchev–Trinajstić information content (AvgIpc) is 3.17. The SMILES string of the molecule is CC(C)(C)[S@@](=O)N=Cc1ccccc1.CC(C)(c1ccccn1)[C@@H](N[S@](=O)C(C)(C)C)c1ccccc1.CC(C)c1ccccn1.C[C-](C)c1ccccn1.[K+]. The molecule has 5 aromatic rings. The molecule has 56 heavy (non-hydrogen) atoms. The molecule has 0 unspecified atom stereocenters. The fraction of sp³-hybridized carbons (Fsp3) is 0.370. The van der Waals surface area contributed by atoms with Crippen molar-refractivity contribution in [1.29, 1.82) is 0 Å². The van der Waals surface area contributed by atoms with E-state index in [-0.39, 0.29) is 72.3 Å². The summed E-state index contributed by atoms with van der Waals surface area (Å²) in [6.45, 7) is 24.3. The van der Waals surface area contributed by atoms with Gasteiger partial charge in [-0.3, -0.25) is 15.0 Å². The van der Waals surface area contributed by atoms with E-state index in [2.05, 4.69) is 77.7 Å². The molecule has 1 N–H and O–H groups in total. The molecule has 0 aliphatic heterocycles. The van der Waals surface area contributed by atoms with Gasteiger partial charge in [0.05, 0.1) is 26.5 Å². The van der Waals surface area contributed by atoms with Crippen LogP contribution >= 0.6 is 0 Å². The van der Waals surface area contributed by atoms with Gasteiger partial charge in [0.25, 0.3) is 0 Å². The van der Waals surface area contributed by atoms with Gasteiger partial charge in [-0.05, 0) is 82.9 Å². The van der Waals surface area contributed by atoms with Crippen LogP contribution in [-0.2, 0) is 27.4 Å². The van der Waals surface area contributed by atoms with Gasteiger partial charge in [0.15, 0.2) is 0 Å². The molecule has 0 radical (unpaired) electrons. The Labute approximate surface area is 386 Å². The van der Waals surface area contributed by atoms with Crippen LogP contribution < -0.4 is 56.1 Å². The Balaban J connectivity index is 0.000000404. The monoisotopic (exact) mass is 819 g/mol. The van der Waals surface area contributed by atoms with Crippen LogP contribution in [0.15, 0.2) is 138 Å². The van der Waals surface area contributed by atoms with Crippen molar-refractivity contribution in [2.24, 2.45) is 4.40 Å². The molecule has 0 spiro atoms. The first-order chi connectivity index (χ1) is 25.8. The van der Waals surface area contributed by atoms with Crippen molar-refractivity contribution in [3.63, 3.8) is 0 Å². The smallest absolute Gasteiger partial charge is 0.295 e. The van der Waals surface area contributed by atoms with Gasteiger partial charge in [0, 0.05) is 41.6 Å². The fourth-order valence-corrected chi connectivity index (χ4v) is 6.17. The third kappa shape index (κ3) is 19.2. The van der Waals surface area contributed by atoms with Crippen LogP contribution in [0.3, 0.4) is 0 Å². The van der Waals surface area contributed by atoms with Gasteiger partial charge in [-0.1, -0.05) is 112 Å². The number of hydrogen-bond acceptors (Lipinski definition) is 5. The fourth-order valence-electron chi connectivity index (χ4n) is 4.64. The molecule has 0 aliphatic rings. The maximum absolute atomic E-state index is 12.7. The predicted molar refractivity (Wildman–Crippen MR) is 236 cm³/mol. The number of nitrogens with one attached hydrogen (secondary N) is 1. The second-order valence-electron chi connectivity index (χ2n) is 15.9. The number of pyridine rings is 3. The summed E-state index contributed by atoms with van der Waals surface area (Å²) >= 11 is 0. The van der Waals surface area contributed by atoms with E-state index in [1.165, 1.54) is 5.92 Å². The van der Waals surface area contributed by atoms with E-state index in [1.54, 1.807) is 12.4 Å². The average molecular weight is 820 g/mol. The first-order valence-corrected chi connectivity index (χ1v) is 20.9. The zero-order valence-electron chi connectivity index (χ0n) is 35.9. The Morgan fingerprint density at radius 2 is 1.14 bits per heavy atom. The first-order valence-electron chi connectivity index (χ1n) is 18.6. The zero-order valence-corrected chi connectivity index (χ0v) is 40.6. The van der Waals surface area contributed by atoms with Crippen LogP contribution in [0.25, 0.3) is 0 Å². The van der Waals surface area contributed by atoms with Gasteiger partial charge in [-0.25, -0.2) is 13.1 Å². The minimum absolute atomic E-state index is 0. The van der Waals surface area contributed by atoms with Crippen LogP contribution in [0, 0.1) is 5.92 Å². The van der Waals surface area contributed by atoms with Crippen molar-refractivity contribution in [3.05, 3.63) is 168 Å². The van der Waals surface area contributed by atoms with Crippen molar-refractivity contribution in [1.82, 2.24) is 19.7 Å². The van der Waals surface area contributed by atoms with Gasteiger partial charge >= 0.3 is 51.4 Å². The molecule has 0 amide bonds. The normalized spacial score (nSPS) is 12.9. The molecule has 0 aliphatic carbocycles. The predicted octanol–water partition coefficient (Wildman–Crippen LogP) is 7.97. The van der Waals surface area contributed by atoms with E-state index in [0.29, 0.717) is 5.92 Å². The van der Waals surface area contributed by atoms with Gasteiger partial charge in [-0.15, -0.1) is 19.9 Å². The number of hydrogen-bond donors (Lipinski definition) is 1. The molecule has 2 aromatic carbocycles. The molecule has 0 saturated heterocycles. The van der Waals surface area contributed by atoms with Crippen molar-refractivity contribution in [2.45, 2.75) is 110 Å². The second kappa shape index (κ2) is 25.6. The van der Waals surface area contributed by atoms with Crippen molar-refractivity contribution < 1.29 is 59.8 Å². The Morgan fingerprint density at radius 3 is 1.54 bits per heavy atom. The summed E-state index contributed by atoms with van der Waals surface area (Å²) in [5, 5.41) is 0. The molecular formula is C46H62KN5O2S2. The summed E-state index contributed by atoms with van der Waals surface area (Å²) in [6, 6.07) is 37.6. The van der Waals surface area contributed by atoms with Crippen LogP contribution in [0.4, 0.5) is 0 Å². The summed E-state index contributed by atoms with van der Waals surface area (Å²) < 4.78 is 31.0. The largest absolute Gasteiger partial charge is 1.00 e. The quantitative estimate of drug-likeness (QED) is 0.0925.